The van der Waals surface area contributed by atoms with Crippen molar-refractivity contribution in [2.24, 2.45) is 0 Å². The molecule has 136 valence electrons. The van der Waals surface area contributed by atoms with Crippen molar-refractivity contribution < 1.29 is 23.1 Å². The first-order valence-corrected chi connectivity index (χ1v) is 8.33. The number of hydrogen-bond donors (Lipinski definition) is 0. The average molecular weight is 352 g/mol. The van der Waals surface area contributed by atoms with Gasteiger partial charge in [-0.25, -0.2) is 13.6 Å². The molecule has 0 aromatic heterocycles. The highest BCUT2D eigenvalue weighted by Gasteiger charge is 2.47. The Hall–Kier alpha value is -2.18. The van der Waals surface area contributed by atoms with Gasteiger partial charge < -0.3 is 14.5 Å². The van der Waals surface area contributed by atoms with Gasteiger partial charge in [0.15, 0.2) is 5.78 Å². The van der Waals surface area contributed by atoms with Gasteiger partial charge in [-0.05, 0) is 40.2 Å². The second-order valence-corrected chi connectivity index (χ2v) is 7.67. The number of likely N-dealkylation sites (tertiary alicyclic amines) is 1. The number of piperazine rings is 1. The number of nitrogens with zero attached hydrogens (tertiary/aromatic N) is 2. The van der Waals surface area contributed by atoms with Crippen LogP contribution in [0.15, 0.2) is 12.1 Å². The van der Waals surface area contributed by atoms with E-state index >= 15 is 0 Å². The van der Waals surface area contributed by atoms with Crippen LogP contribution in [-0.2, 0) is 4.74 Å². The minimum absolute atomic E-state index is 0.0863. The first kappa shape index (κ1) is 17.6. The number of benzene rings is 1. The van der Waals surface area contributed by atoms with Crippen LogP contribution in [0.3, 0.4) is 0 Å². The Labute approximate surface area is 145 Å². The molecule has 25 heavy (non-hydrogen) atoms. The number of halogens is 2. The van der Waals surface area contributed by atoms with Crippen molar-refractivity contribution in [3.63, 3.8) is 0 Å². The Balaban J connectivity index is 1.82. The lowest BCUT2D eigenvalue weighted by molar-refractivity contribution is 0.0214. The molecule has 0 radical (unpaired) electrons. The zero-order chi connectivity index (χ0) is 18.5. The monoisotopic (exact) mass is 352 g/mol. The molecule has 3 rings (SSSR count). The molecule has 0 spiro atoms. The van der Waals surface area contributed by atoms with Crippen LogP contribution in [0.5, 0.6) is 0 Å². The molecule has 0 unspecified atom stereocenters. The highest BCUT2D eigenvalue weighted by atomic mass is 19.1. The second-order valence-electron chi connectivity index (χ2n) is 7.67. The van der Waals surface area contributed by atoms with Crippen molar-refractivity contribution in [3.05, 3.63) is 29.3 Å². The van der Waals surface area contributed by atoms with Crippen LogP contribution < -0.4 is 4.90 Å². The van der Waals surface area contributed by atoms with Crippen molar-refractivity contribution in [1.29, 1.82) is 0 Å². The number of anilines is 1. The molecule has 2 saturated heterocycles. The van der Waals surface area contributed by atoms with Gasteiger partial charge >= 0.3 is 6.09 Å². The fourth-order valence-electron chi connectivity index (χ4n) is 3.64. The van der Waals surface area contributed by atoms with E-state index in [1.807, 2.05) is 4.90 Å². The van der Waals surface area contributed by atoms with Crippen molar-refractivity contribution >= 4 is 17.6 Å². The molecular weight excluding hydrogens is 330 g/mol. The lowest BCUT2D eigenvalue weighted by Crippen LogP contribution is -2.50. The van der Waals surface area contributed by atoms with E-state index in [1.165, 1.54) is 13.0 Å². The number of amides is 1. The van der Waals surface area contributed by atoms with Gasteiger partial charge in [-0.2, -0.15) is 0 Å². The topological polar surface area (TPSA) is 49.9 Å². The fraction of sp³-hybridized carbons (Fsp3) is 0.556. The smallest absolute Gasteiger partial charge is 0.410 e. The molecule has 5 nitrogen and oxygen atoms in total. The minimum atomic E-state index is -0.853. The molecule has 2 heterocycles. The van der Waals surface area contributed by atoms with Crippen LogP contribution in [0.25, 0.3) is 0 Å². The summed E-state index contributed by atoms with van der Waals surface area (Å²) in [5.41, 5.74) is -0.411. The lowest BCUT2D eigenvalue weighted by Gasteiger charge is -2.37. The molecule has 2 aliphatic rings. The first-order valence-electron chi connectivity index (χ1n) is 8.33. The maximum absolute atomic E-state index is 14.1. The molecule has 2 atom stereocenters. The third-order valence-electron chi connectivity index (χ3n) is 4.56. The van der Waals surface area contributed by atoms with E-state index < -0.39 is 23.0 Å². The number of carbonyl (C=O) groups excluding carboxylic acids is 2. The van der Waals surface area contributed by atoms with Gasteiger partial charge in [-0.1, -0.05) is 0 Å². The Kier molecular flexibility index (Phi) is 4.21. The summed E-state index contributed by atoms with van der Waals surface area (Å²) in [6.45, 7) is 7.52. The number of ketones is 1. The SMILES string of the molecule is CC(=O)c1c(F)cc(F)cc1N1C[C@@H]2C[C@H]1CN2C(=O)OC(C)(C)C. The number of Topliss-reactive ketones (excluding diaryl/α,β-unsaturated/α-hetero) is 1. The van der Waals surface area contributed by atoms with Crippen LogP contribution in [-0.4, -0.2) is 47.6 Å². The summed E-state index contributed by atoms with van der Waals surface area (Å²) < 4.78 is 33.2. The predicted octanol–water partition coefficient (Wildman–Crippen LogP) is 3.37. The van der Waals surface area contributed by atoms with Gasteiger partial charge in [0, 0.05) is 25.2 Å². The van der Waals surface area contributed by atoms with Gasteiger partial charge in [0.25, 0.3) is 0 Å². The normalized spacial score (nSPS) is 22.5. The van der Waals surface area contributed by atoms with Crippen LogP contribution in [0.4, 0.5) is 19.3 Å². The summed E-state index contributed by atoms with van der Waals surface area (Å²) >= 11 is 0. The van der Waals surface area contributed by atoms with Crippen molar-refractivity contribution in [2.45, 2.75) is 51.8 Å². The largest absolute Gasteiger partial charge is 0.444 e. The lowest BCUT2D eigenvalue weighted by atomic mass is 10.1. The standard InChI is InChI=1S/C18H22F2N2O3/c1-10(23)16-14(20)5-11(19)6-15(16)21-8-13-7-12(21)9-22(13)17(24)25-18(2,3)4/h5-6,12-13H,7-9H2,1-4H3/t12-,13-/m0/s1. The van der Waals surface area contributed by atoms with E-state index in [0.29, 0.717) is 19.5 Å². The average Bonchev–Trinajstić information content (AvgIpc) is 3.03. The Morgan fingerprint density at radius 1 is 1.16 bits per heavy atom. The zero-order valence-corrected chi connectivity index (χ0v) is 14.8. The third-order valence-corrected chi connectivity index (χ3v) is 4.56. The molecule has 1 aromatic rings. The molecule has 2 aliphatic heterocycles. The van der Waals surface area contributed by atoms with Crippen LogP contribution in [0.1, 0.15) is 44.5 Å². The van der Waals surface area contributed by atoms with Crippen molar-refractivity contribution in [2.75, 3.05) is 18.0 Å². The Bertz CT molecular complexity index is 730. The van der Waals surface area contributed by atoms with Gasteiger partial charge in [0.05, 0.1) is 17.3 Å². The highest BCUT2D eigenvalue weighted by Crippen LogP contribution is 2.38. The summed E-state index contributed by atoms with van der Waals surface area (Å²) in [4.78, 5) is 27.6. The molecule has 1 amide bonds. The molecule has 7 heteroatoms. The van der Waals surface area contributed by atoms with Gasteiger partial charge in [0.2, 0.25) is 0 Å². The molecule has 2 bridgehead atoms. The van der Waals surface area contributed by atoms with E-state index in [4.69, 9.17) is 4.74 Å². The van der Waals surface area contributed by atoms with Crippen LogP contribution >= 0.6 is 0 Å². The van der Waals surface area contributed by atoms with Gasteiger partial charge in [-0.15, -0.1) is 0 Å². The number of carbonyl (C=O) groups is 2. The van der Waals surface area contributed by atoms with E-state index in [9.17, 15) is 18.4 Å². The Morgan fingerprint density at radius 2 is 1.84 bits per heavy atom. The van der Waals surface area contributed by atoms with Crippen molar-refractivity contribution in [1.82, 2.24) is 4.90 Å². The highest BCUT2D eigenvalue weighted by molar-refractivity contribution is 6.00. The molecular formula is C18H22F2N2O3. The first-order chi connectivity index (χ1) is 11.6. The van der Waals surface area contributed by atoms with Crippen molar-refractivity contribution in [3.8, 4) is 0 Å². The number of rotatable bonds is 2. The Morgan fingerprint density at radius 3 is 2.36 bits per heavy atom. The van der Waals surface area contributed by atoms with E-state index in [-0.39, 0.29) is 29.4 Å². The third kappa shape index (κ3) is 3.32. The van der Waals surface area contributed by atoms with Gasteiger partial charge in [0.1, 0.15) is 17.2 Å². The summed E-state index contributed by atoms with van der Waals surface area (Å²) in [5, 5.41) is 0. The molecule has 1 aromatic carbocycles. The molecule has 0 saturated carbocycles. The number of hydrogen-bond acceptors (Lipinski definition) is 4. The van der Waals surface area contributed by atoms with Crippen LogP contribution in [0.2, 0.25) is 0 Å². The molecule has 2 fully saturated rings. The van der Waals surface area contributed by atoms with Gasteiger partial charge in [-0.3, -0.25) is 4.79 Å². The zero-order valence-electron chi connectivity index (χ0n) is 14.8. The number of ether oxygens (including phenoxy) is 1. The number of fused-ring (bicyclic) bond motifs is 2. The molecule has 0 N–H and O–H groups in total. The quantitative estimate of drug-likeness (QED) is 0.766. The predicted molar refractivity (Wildman–Crippen MR) is 88.8 cm³/mol. The summed E-state index contributed by atoms with van der Waals surface area (Å²) in [6, 6.07) is 1.74. The fourth-order valence-corrected chi connectivity index (χ4v) is 3.64. The summed E-state index contributed by atoms with van der Waals surface area (Å²) in [7, 11) is 0. The molecule has 0 aliphatic carbocycles. The van der Waals surface area contributed by atoms with E-state index in [1.54, 1.807) is 25.7 Å². The van der Waals surface area contributed by atoms with E-state index in [2.05, 4.69) is 0 Å². The van der Waals surface area contributed by atoms with E-state index in [0.717, 1.165) is 6.07 Å². The maximum Gasteiger partial charge on any atom is 0.410 e. The maximum atomic E-state index is 14.1. The summed E-state index contributed by atoms with van der Waals surface area (Å²) in [5.74, 6) is -2.02. The minimum Gasteiger partial charge on any atom is -0.444 e. The summed E-state index contributed by atoms with van der Waals surface area (Å²) in [6.07, 6.45) is 0.311. The second kappa shape index (κ2) is 5.97. The van der Waals surface area contributed by atoms with Crippen LogP contribution in [0, 0.1) is 11.6 Å².